The number of aromatic nitrogens is 2. The van der Waals surface area contributed by atoms with Crippen molar-refractivity contribution in [3.05, 3.63) is 33.6 Å². The number of aliphatic hydroxyl groups excluding tert-OH is 1. The first-order valence-electron chi connectivity index (χ1n) is 5.96. The van der Waals surface area contributed by atoms with Gasteiger partial charge in [0.15, 0.2) is 5.82 Å². The molecule has 0 aliphatic rings. The van der Waals surface area contributed by atoms with Gasteiger partial charge in [0, 0.05) is 13.3 Å². The van der Waals surface area contributed by atoms with Gasteiger partial charge in [-0.1, -0.05) is 17.0 Å². The zero-order valence-corrected chi connectivity index (χ0v) is 11.7. The van der Waals surface area contributed by atoms with Gasteiger partial charge in [-0.15, -0.1) is 11.3 Å². The molecule has 1 amide bonds. The lowest BCUT2D eigenvalue weighted by Gasteiger charge is -1.98. The van der Waals surface area contributed by atoms with E-state index in [0.717, 1.165) is 4.88 Å². The van der Waals surface area contributed by atoms with E-state index >= 15 is 0 Å². The summed E-state index contributed by atoms with van der Waals surface area (Å²) < 4.78 is 4.81. The third-order valence-corrected chi connectivity index (χ3v) is 3.25. The molecule has 20 heavy (non-hydrogen) atoms. The fourth-order valence-electron chi connectivity index (χ4n) is 1.39. The summed E-state index contributed by atoms with van der Waals surface area (Å²) in [5, 5.41) is 15.0. The molecule has 0 unspecified atom stereocenters. The number of carbonyl (C=O) groups is 1. The van der Waals surface area contributed by atoms with E-state index in [1.807, 2.05) is 0 Å². The third-order valence-electron chi connectivity index (χ3n) is 2.25. The Labute approximate surface area is 119 Å². The zero-order valence-electron chi connectivity index (χ0n) is 10.8. The summed E-state index contributed by atoms with van der Waals surface area (Å²) in [6, 6.07) is 3.49. The lowest BCUT2D eigenvalue weighted by molar-refractivity contribution is 0.0953. The SMILES string of the molecule is Cc1nc(CNC(=O)c2ccc(C#CCCO)s2)no1. The number of nitrogens with one attached hydrogen (secondary N) is 1. The van der Waals surface area contributed by atoms with Gasteiger partial charge in [-0.25, -0.2) is 0 Å². The highest BCUT2D eigenvalue weighted by atomic mass is 32.1. The highest BCUT2D eigenvalue weighted by molar-refractivity contribution is 7.14. The summed E-state index contributed by atoms with van der Waals surface area (Å²) in [7, 11) is 0. The molecule has 2 N–H and O–H groups in total. The van der Waals surface area contributed by atoms with Gasteiger partial charge in [-0.2, -0.15) is 4.98 Å². The second-order valence-electron chi connectivity index (χ2n) is 3.85. The van der Waals surface area contributed by atoms with Crippen molar-refractivity contribution >= 4 is 17.2 Å². The molecule has 104 valence electrons. The van der Waals surface area contributed by atoms with Gasteiger partial charge in [-0.3, -0.25) is 4.79 Å². The van der Waals surface area contributed by atoms with Crippen molar-refractivity contribution in [2.24, 2.45) is 0 Å². The smallest absolute Gasteiger partial charge is 0.261 e. The zero-order chi connectivity index (χ0) is 14.4. The molecule has 0 saturated carbocycles. The molecule has 0 atom stereocenters. The van der Waals surface area contributed by atoms with Crippen LogP contribution in [0.3, 0.4) is 0 Å². The summed E-state index contributed by atoms with van der Waals surface area (Å²) >= 11 is 1.30. The summed E-state index contributed by atoms with van der Waals surface area (Å²) in [5.41, 5.74) is 0. The molecule has 0 spiro atoms. The Hall–Kier alpha value is -2.17. The number of aliphatic hydroxyl groups is 1. The molecule has 0 saturated heterocycles. The van der Waals surface area contributed by atoms with E-state index in [9.17, 15) is 4.79 Å². The molecule has 7 heteroatoms. The number of thiophene rings is 1. The highest BCUT2D eigenvalue weighted by Gasteiger charge is 2.10. The molecule has 2 aromatic rings. The molecule has 6 nitrogen and oxygen atoms in total. The molecule has 0 bridgehead atoms. The molecule has 2 aromatic heterocycles. The van der Waals surface area contributed by atoms with Gasteiger partial charge in [0.2, 0.25) is 5.89 Å². The van der Waals surface area contributed by atoms with E-state index in [-0.39, 0.29) is 19.1 Å². The van der Waals surface area contributed by atoms with E-state index in [1.54, 1.807) is 19.1 Å². The summed E-state index contributed by atoms with van der Waals surface area (Å²) in [5.74, 6) is 6.40. The van der Waals surface area contributed by atoms with Crippen LogP contribution in [0.1, 0.15) is 32.7 Å². The standard InChI is InChI=1S/C13H13N3O3S/c1-9-15-12(16-19-9)8-14-13(18)11-6-5-10(20-11)4-2-3-7-17/h5-6,17H,3,7-8H2,1H3,(H,14,18). The number of nitrogens with zero attached hydrogens (tertiary/aromatic N) is 2. The monoisotopic (exact) mass is 291 g/mol. The molecule has 0 aromatic carbocycles. The first-order valence-corrected chi connectivity index (χ1v) is 6.77. The highest BCUT2D eigenvalue weighted by Crippen LogP contribution is 2.15. The fraction of sp³-hybridized carbons (Fsp3) is 0.308. The van der Waals surface area contributed by atoms with E-state index in [1.165, 1.54) is 11.3 Å². The Morgan fingerprint density at radius 3 is 3.10 bits per heavy atom. The maximum atomic E-state index is 11.9. The van der Waals surface area contributed by atoms with Crippen LogP contribution in [0, 0.1) is 18.8 Å². The molecular weight excluding hydrogens is 278 g/mol. The van der Waals surface area contributed by atoms with Crippen LogP contribution >= 0.6 is 11.3 Å². The first kappa shape index (κ1) is 14.2. The molecule has 0 fully saturated rings. The van der Waals surface area contributed by atoms with E-state index in [2.05, 4.69) is 27.3 Å². The topological polar surface area (TPSA) is 88.2 Å². The molecule has 2 rings (SSSR count). The average molecular weight is 291 g/mol. The minimum Gasteiger partial charge on any atom is -0.395 e. The van der Waals surface area contributed by atoms with Crippen LogP contribution in [0.2, 0.25) is 0 Å². The Morgan fingerprint density at radius 2 is 2.40 bits per heavy atom. The Bertz CT molecular complexity index is 651. The molecular formula is C13H13N3O3S. The number of hydrogen-bond donors (Lipinski definition) is 2. The molecule has 0 radical (unpaired) electrons. The largest absolute Gasteiger partial charge is 0.395 e. The number of rotatable bonds is 4. The van der Waals surface area contributed by atoms with Crippen LogP contribution in [0.15, 0.2) is 16.7 Å². The fourth-order valence-corrected chi connectivity index (χ4v) is 2.19. The maximum absolute atomic E-state index is 11.9. The van der Waals surface area contributed by atoms with Crippen LogP contribution in [0.4, 0.5) is 0 Å². The second-order valence-corrected chi connectivity index (χ2v) is 4.94. The molecule has 0 aliphatic heterocycles. The van der Waals surface area contributed by atoms with Crippen molar-refractivity contribution < 1.29 is 14.4 Å². The number of carbonyl (C=O) groups excluding carboxylic acids is 1. The molecule has 2 heterocycles. The summed E-state index contributed by atoms with van der Waals surface area (Å²) in [6.45, 7) is 1.95. The lowest BCUT2D eigenvalue weighted by atomic mass is 10.4. The number of amides is 1. The van der Waals surface area contributed by atoms with Gasteiger partial charge in [-0.05, 0) is 12.1 Å². The van der Waals surface area contributed by atoms with Crippen LogP contribution in [-0.4, -0.2) is 27.8 Å². The van der Waals surface area contributed by atoms with Crippen molar-refractivity contribution in [1.29, 1.82) is 0 Å². The van der Waals surface area contributed by atoms with Crippen LogP contribution in [0.25, 0.3) is 0 Å². The predicted octanol–water partition coefficient (Wildman–Crippen LogP) is 1.10. The van der Waals surface area contributed by atoms with Gasteiger partial charge in [0.05, 0.1) is 22.9 Å². The van der Waals surface area contributed by atoms with Crippen LogP contribution < -0.4 is 5.32 Å². The maximum Gasteiger partial charge on any atom is 0.261 e. The van der Waals surface area contributed by atoms with Gasteiger partial charge in [0.1, 0.15) is 0 Å². The Kier molecular flexibility index (Phi) is 4.87. The van der Waals surface area contributed by atoms with Crippen LogP contribution in [0.5, 0.6) is 0 Å². The Balaban J connectivity index is 1.91. The molecule has 0 aliphatic carbocycles. The third kappa shape index (κ3) is 3.91. The predicted molar refractivity (Wildman–Crippen MR) is 73.1 cm³/mol. The van der Waals surface area contributed by atoms with Gasteiger partial charge >= 0.3 is 0 Å². The minimum absolute atomic E-state index is 0.0375. The van der Waals surface area contributed by atoms with Crippen molar-refractivity contribution in [3.8, 4) is 11.8 Å². The van der Waals surface area contributed by atoms with E-state index in [4.69, 9.17) is 9.63 Å². The van der Waals surface area contributed by atoms with Crippen molar-refractivity contribution in [1.82, 2.24) is 15.5 Å². The average Bonchev–Trinajstić information content (AvgIpc) is 3.06. The lowest BCUT2D eigenvalue weighted by Crippen LogP contribution is -2.22. The normalized spacial score (nSPS) is 9.90. The van der Waals surface area contributed by atoms with Gasteiger partial charge in [0.25, 0.3) is 5.91 Å². The van der Waals surface area contributed by atoms with E-state index in [0.29, 0.717) is 23.0 Å². The van der Waals surface area contributed by atoms with Gasteiger partial charge < -0.3 is 14.9 Å². The minimum atomic E-state index is -0.201. The first-order chi connectivity index (χ1) is 9.69. The summed E-state index contributed by atoms with van der Waals surface area (Å²) in [6.07, 6.45) is 0.427. The second kappa shape index (κ2) is 6.84. The van der Waals surface area contributed by atoms with Crippen molar-refractivity contribution in [2.45, 2.75) is 19.9 Å². The van der Waals surface area contributed by atoms with Crippen LogP contribution in [-0.2, 0) is 6.54 Å². The summed E-state index contributed by atoms with van der Waals surface area (Å²) in [4.78, 5) is 17.2. The number of hydrogen-bond acceptors (Lipinski definition) is 6. The Morgan fingerprint density at radius 1 is 1.55 bits per heavy atom. The quantitative estimate of drug-likeness (QED) is 0.824. The van der Waals surface area contributed by atoms with Crippen molar-refractivity contribution in [2.75, 3.05) is 6.61 Å². The number of aryl methyl sites for hydroxylation is 1. The van der Waals surface area contributed by atoms with Crippen molar-refractivity contribution in [3.63, 3.8) is 0 Å². The van der Waals surface area contributed by atoms with E-state index < -0.39 is 0 Å².